The highest BCUT2D eigenvalue weighted by Crippen LogP contribution is 2.14. The first-order valence-electron chi connectivity index (χ1n) is 6.34. The van der Waals surface area contributed by atoms with Gasteiger partial charge in [-0.05, 0) is 30.9 Å². The summed E-state index contributed by atoms with van der Waals surface area (Å²) in [6.45, 7) is 0.214. The summed E-state index contributed by atoms with van der Waals surface area (Å²) in [6.07, 6.45) is 5.87. The van der Waals surface area contributed by atoms with Crippen molar-refractivity contribution in [1.82, 2.24) is 0 Å². The van der Waals surface area contributed by atoms with Crippen LogP contribution in [0.3, 0.4) is 0 Å². The molecule has 0 heterocycles. The average Bonchev–Trinajstić information content (AvgIpc) is 2.38. The second kappa shape index (κ2) is 8.48. The van der Waals surface area contributed by atoms with Crippen molar-refractivity contribution in [3.05, 3.63) is 41.5 Å². The quantitative estimate of drug-likeness (QED) is 0.549. The van der Waals surface area contributed by atoms with Gasteiger partial charge in [-0.15, -0.1) is 0 Å². The summed E-state index contributed by atoms with van der Waals surface area (Å²) in [6, 6.07) is 9.50. The van der Waals surface area contributed by atoms with Gasteiger partial charge in [-0.25, -0.2) is 4.79 Å². The minimum atomic E-state index is -0.846. The van der Waals surface area contributed by atoms with Crippen LogP contribution < -0.4 is 0 Å². The first kappa shape index (κ1) is 14.5. The van der Waals surface area contributed by atoms with Gasteiger partial charge in [0.15, 0.2) is 0 Å². The lowest BCUT2D eigenvalue weighted by molar-refractivity contribution is -0.132. The van der Waals surface area contributed by atoms with Gasteiger partial charge in [0.05, 0.1) is 0 Å². The summed E-state index contributed by atoms with van der Waals surface area (Å²) in [5.74, 6) is -0.846. The number of hydrogen-bond acceptors (Lipinski definition) is 2. The molecule has 0 bridgehead atoms. The van der Waals surface area contributed by atoms with Crippen molar-refractivity contribution >= 4 is 12.0 Å². The van der Waals surface area contributed by atoms with Crippen molar-refractivity contribution in [1.29, 1.82) is 0 Å². The van der Waals surface area contributed by atoms with Gasteiger partial charge < -0.3 is 10.2 Å². The van der Waals surface area contributed by atoms with Crippen LogP contribution in [0.1, 0.15) is 37.7 Å². The van der Waals surface area contributed by atoms with E-state index < -0.39 is 5.97 Å². The number of aliphatic carboxylic acids is 1. The van der Waals surface area contributed by atoms with E-state index in [0.29, 0.717) is 12.0 Å². The molecule has 3 nitrogen and oxygen atoms in total. The smallest absolute Gasteiger partial charge is 0.331 e. The zero-order chi connectivity index (χ0) is 13.2. The average molecular weight is 248 g/mol. The lowest BCUT2D eigenvalue weighted by Crippen LogP contribution is -2.00. The van der Waals surface area contributed by atoms with E-state index in [0.717, 1.165) is 31.2 Å². The number of unbranched alkanes of at least 4 members (excludes halogenated alkanes) is 3. The number of aliphatic hydroxyl groups is 1. The van der Waals surface area contributed by atoms with Crippen LogP contribution in [0.25, 0.3) is 6.08 Å². The van der Waals surface area contributed by atoms with E-state index in [-0.39, 0.29) is 6.61 Å². The van der Waals surface area contributed by atoms with E-state index in [1.54, 1.807) is 6.08 Å². The van der Waals surface area contributed by atoms with Crippen molar-refractivity contribution in [2.24, 2.45) is 0 Å². The highest BCUT2D eigenvalue weighted by atomic mass is 16.4. The fourth-order valence-electron chi connectivity index (χ4n) is 1.77. The van der Waals surface area contributed by atoms with Crippen molar-refractivity contribution in [3.63, 3.8) is 0 Å². The lowest BCUT2D eigenvalue weighted by atomic mass is 10.0. The number of benzene rings is 1. The predicted molar refractivity (Wildman–Crippen MR) is 72.2 cm³/mol. The molecule has 1 rings (SSSR count). The Kier molecular flexibility index (Phi) is 6.81. The van der Waals surface area contributed by atoms with Crippen molar-refractivity contribution in [2.75, 3.05) is 6.61 Å². The molecule has 2 N–H and O–H groups in total. The van der Waals surface area contributed by atoms with Crippen molar-refractivity contribution in [2.45, 2.75) is 32.1 Å². The van der Waals surface area contributed by atoms with E-state index >= 15 is 0 Å². The maximum absolute atomic E-state index is 11.1. The Balaban J connectivity index is 2.50. The van der Waals surface area contributed by atoms with Crippen LogP contribution >= 0.6 is 0 Å². The number of hydrogen-bond donors (Lipinski definition) is 2. The molecule has 0 aliphatic heterocycles. The second-order valence-corrected chi connectivity index (χ2v) is 4.27. The Morgan fingerprint density at radius 2 is 1.72 bits per heavy atom. The summed E-state index contributed by atoms with van der Waals surface area (Å²) in [4.78, 5) is 11.1. The monoisotopic (exact) mass is 248 g/mol. The van der Waals surface area contributed by atoms with Crippen LogP contribution in [-0.2, 0) is 4.79 Å². The van der Waals surface area contributed by atoms with Gasteiger partial charge in [-0.1, -0.05) is 43.2 Å². The maximum Gasteiger partial charge on any atom is 0.331 e. The van der Waals surface area contributed by atoms with Gasteiger partial charge in [0.1, 0.15) is 0 Å². The number of aliphatic hydroxyl groups excluding tert-OH is 1. The molecule has 0 aliphatic rings. The summed E-state index contributed by atoms with van der Waals surface area (Å²) in [5.41, 5.74) is 1.37. The largest absolute Gasteiger partial charge is 0.478 e. The molecule has 1 aromatic rings. The van der Waals surface area contributed by atoms with Crippen LogP contribution in [0.4, 0.5) is 0 Å². The van der Waals surface area contributed by atoms with Crippen LogP contribution in [0.15, 0.2) is 35.9 Å². The van der Waals surface area contributed by atoms with Crippen LogP contribution in [0.2, 0.25) is 0 Å². The molecule has 3 heteroatoms. The molecule has 0 spiro atoms. The van der Waals surface area contributed by atoms with Crippen LogP contribution in [0, 0.1) is 0 Å². The van der Waals surface area contributed by atoms with Gasteiger partial charge in [-0.3, -0.25) is 0 Å². The molecule has 1 aromatic carbocycles. The number of carbonyl (C=O) groups is 1. The summed E-state index contributed by atoms with van der Waals surface area (Å²) >= 11 is 0. The van der Waals surface area contributed by atoms with E-state index in [1.807, 2.05) is 30.3 Å². The molecule has 0 saturated heterocycles. The lowest BCUT2D eigenvalue weighted by Gasteiger charge is -2.03. The summed E-state index contributed by atoms with van der Waals surface area (Å²) in [7, 11) is 0. The third kappa shape index (κ3) is 5.64. The molecule has 98 valence electrons. The Bertz CT molecular complexity index is 382. The van der Waals surface area contributed by atoms with Gasteiger partial charge in [0.2, 0.25) is 0 Å². The third-order valence-electron chi connectivity index (χ3n) is 2.77. The Morgan fingerprint density at radius 3 is 2.33 bits per heavy atom. The highest BCUT2D eigenvalue weighted by molar-refractivity contribution is 5.92. The van der Waals surface area contributed by atoms with E-state index in [1.165, 1.54) is 0 Å². The molecular formula is C15H20O3. The minimum Gasteiger partial charge on any atom is -0.478 e. The molecule has 0 atom stereocenters. The molecule has 0 aromatic heterocycles. The normalized spacial score (nSPS) is 11.5. The SMILES string of the molecule is O=C(O)C(=Cc1ccccc1)CCCCCCO. The molecule has 0 radical (unpaired) electrons. The fraction of sp³-hybridized carbons (Fsp3) is 0.400. The van der Waals surface area contributed by atoms with Gasteiger partial charge in [-0.2, -0.15) is 0 Å². The standard InChI is InChI=1S/C15H20O3/c16-11-7-2-1-6-10-14(15(17)18)12-13-8-4-3-5-9-13/h3-5,8-9,12,16H,1-2,6-7,10-11H2,(H,17,18). The predicted octanol–water partition coefficient (Wildman–Crippen LogP) is 3.10. The van der Waals surface area contributed by atoms with Crippen LogP contribution in [0.5, 0.6) is 0 Å². The highest BCUT2D eigenvalue weighted by Gasteiger charge is 2.06. The van der Waals surface area contributed by atoms with Gasteiger partial charge in [0.25, 0.3) is 0 Å². The molecule has 0 saturated carbocycles. The minimum absolute atomic E-state index is 0.214. The first-order chi connectivity index (χ1) is 8.74. The van der Waals surface area contributed by atoms with Gasteiger partial charge in [0, 0.05) is 12.2 Å². The second-order valence-electron chi connectivity index (χ2n) is 4.27. The number of carboxylic acids is 1. The number of carboxylic acid groups (broad SMARTS) is 1. The summed E-state index contributed by atoms with van der Waals surface area (Å²) in [5, 5.41) is 17.8. The molecule has 0 fully saturated rings. The van der Waals surface area contributed by atoms with E-state index in [4.69, 9.17) is 10.2 Å². The van der Waals surface area contributed by atoms with Crippen LogP contribution in [-0.4, -0.2) is 22.8 Å². The summed E-state index contributed by atoms with van der Waals surface area (Å²) < 4.78 is 0. The molecule has 0 amide bonds. The zero-order valence-corrected chi connectivity index (χ0v) is 10.5. The molecule has 18 heavy (non-hydrogen) atoms. The van der Waals surface area contributed by atoms with Gasteiger partial charge >= 0.3 is 5.97 Å². The molecule has 0 aliphatic carbocycles. The Morgan fingerprint density at radius 1 is 1.06 bits per heavy atom. The maximum atomic E-state index is 11.1. The van der Waals surface area contributed by atoms with Crippen molar-refractivity contribution < 1.29 is 15.0 Å². The van der Waals surface area contributed by atoms with E-state index in [2.05, 4.69) is 0 Å². The van der Waals surface area contributed by atoms with E-state index in [9.17, 15) is 4.79 Å². The fourth-order valence-corrected chi connectivity index (χ4v) is 1.77. The Hall–Kier alpha value is -1.61. The number of rotatable bonds is 8. The topological polar surface area (TPSA) is 57.5 Å². The molecular weight excluding hydrogens is 228 g/mol. The molecule has 0 unspecified atom stereocenters. The van der Waals surface area contributed by atoms with Crippen molar-refractivity contribution in [3.8, 4) is 0 Å². The first-order valence-corrected chi connectivity index (χ1v) is 6.34. The third-order valence-corrected chi connectivity index (χ3v) is 2.77. The Labute approximate surface area is 108 Å². The zero-order valence-electron chi connectivity index (χ0n) is 10.5.